The molecule has 2 rings (SSSR count). The van der Waals surface area contributed by atoms with Crippen molar-refractivity contribution in [1.82, 2.24) is 5.32 Å². The molecule has 1 unspecified atom stereocenters. The van der Waals surface area contributed by atoms with E-state index in [-0.39, 0.29) is 17.3 Å². The summed E-state index contributed by atoms with van der Waals surface area (Å²) in [5.74, 6) is -1.15. The molecular formula is C12H15N3O4. The first kappa shape index (κ1) is 13.2. The van der Waals surface area contributed by atoms with Crippen LogP contribution in [0.1, 0.15) is 16.8 Å². The van der Waals surface area contributed by atoms with Crippen molar-refractivity contribution in [2.24, 2.45) is 0 Å². The van der Waals surface area contributed by atoms with Crippen molar-refractivity contribution in [2.45, 2.75) is 12.5 Å². The summed E-state index contributed by atoms with van der Waals surface area (Å²) in [6.07, 6.45) is 0.751. The number of aromatic carboxylic acids is 1. The highest BCUT2D eigenvalue weighted by Crippen LogP contribution is 2.19. The summed E-state index contributed by atoms with van der Waals surface area (Å²) >= 11 is 0. The molecule has 1 fully saturated rings. The van der Waals surface area contributed by atoms with Gasteiger partial charge in [-0.15, -0.1) is 0 Å². The van der Waals surface area contributed by atoms with Crippen molar-refractivity contribution >= 4 is 23.4 Å². The Labute approximate surface area is 109 Å². The fourth-order valence-corrected chi connectivity index (χ4v) is 1.84. The molecule has 1 aliphatic rings. The number of hydrogen-bond acceptors (Lipinski definition) is 4. The van der Waals surface area contributed by atoms with Crippen LogP contribution in [0.4, 0.5) is 16.2 Å². The monoisotopic (exact) mass is 265 g/mol. The molecule has 1 heterocycles. The molecule has 7 heteroatoms. The summed E-state index contributed by atoms with van der Waals surface area (Å²) in [6, 6.07) is 3.80. The SMILES string of the molecule is Nc1ccc(NC(=O)NC2CCOC2)c(C(=O)O)c1. The van der Waals surface area contributed by atoms with Crippen molar-refractivity contribution in [1.29, 1.82) is 0 Å². The second-order valence-electron chi connectivity index (χ2n) is 4.27. The molecule has 0 spiro atoms. The molecule has 7 nitrogen and oxygen atoms in total. The number of benzene rings is 1. The fourth-order valence-electron chi connectivity index (χ4n) is 1.84. The van der Waals surface area contributed by atoms with E-state index in [9.17, 15) is 9.59 Å². The summed E-state index contributed by atoms with van der Waals surface area (Å²) in [5, 5.41) is 14.3. The molecule has 1 aromatic carbocycles. The lowest BCUT2D eigenvalue weighted by Gasteiger charge is -2.13. The van der Waals surface area contributed by atoms with Crippen molar-refractivity contribution in [3.05, 3.63) is 23.8 Å². The molecule has 19 heavy (non-hydrogen) atoms. The topological polar surface area (TPSA) is 114 Å². The zero-order valence-electron chi connectivity index (χ0n) is 10.2. The van der Waals surface area contributed by atoms with E-state index in [1.165, 1.54) is 18.2 Å². The summed E-state index contributed by atoms with van der Waals surface area (Å²) in [7, 11) is 0. The first-order valence-corrected chi connectivity index (χ1v) is 5.84. The molecule has 0 bridgehead atoms. The van der Waals surface area contributed by atoms with Crippen LogP contribution in [0.25, 0.3) is 0 Å². The highest BCUT2D eigenvalue weighted by Gasteiger charge is 2.19. The van der Waals surface area contributed by atoms with Crippen LogP contribution < -0.4 is 16.4 Å². The molecule has 102 valence electrons. The molecule has 1 atom stereocenters. The number of urea groups is 1. The van der Waals surface area contributed by atoms with Gasteiger partial charge in [-0.1, -0.05) is 0 Å². The second-order valence-corrected chi connectivity index (χ2v) is 4.27. The Bertz CT molecular complexity index is 498. The summed E-state index contributed by atoms with van der Waals surface area (Å²) in [4.78, 5) is 22.8. The number of carboxylic acids is 1. The third-order valence-electron chi connectivity index (χ3n) is 2.79. The smallest absolute Gasteiger partial charge is 0.337 e. The van der Waals surface area contributed by atoms with Crippen LogP contribution in [0.3, 0.4) is 0 Å². The number of carboxylic acid groups (broad SMARTS) is 1. The minimum atomic E-state index is -1.15. The maximum atomic E-state index is 11.7. The molecule has 1 saturated heterocycles. The largest absolute Gasteiger partial charge is 0.478 e. The Morgan fingerprint density at radius 2 is 2.21 bits per heavy atom. The molecule has 1 aromatic rings. The van der Waals surface area contributed by atoms with Gasteiger partial charge < -0.3 is 26.2 Å². The molecule has 0 radical (unpaired) electrons. The first-order valence-electron chi connectivity index (χ1n) is 5.84. The van der Waals surface area contributed by atoms with E-state index in [0.29, 0.717) is 18.9 Å². The second kappa shape index (κ2) is 5.57. The number of nitrogen functional groups attached to an aromatic ring is 1. The molecular weight excluding hydrogens is 250 g/mol. The average molecular weight is 265 g/mol. The normalized spacial score (nSPS) is 18.0. The average Bonchev–Trinajstić information content (AvgIpc) is 2.83. The highest BCUT2D eigenvalue weighted by molar-refractivity contribution is 6.00. The fraction of sp³-hybridized carbons (Fsp3) is 0.333. The van der Waals surface area contributed by atoms with E-state index in [1.54, 1.807) is 0 Å². The van der Waals surface area contributed by atoms with Crippen molar-refractivity contribution in [3.63, 3.8) is 0 Å². The summed E-state index contributed by atoms with van der Waals surface area (Å²) < 4.78 is 5.13. The summed E-state index contributed by atoms with van der Waals surface area (Å²) in [6.45, 7) is 1.09. The zero-order chi connectivity index (χ0) is 13.8. The lowest BCUT2D eigenvalue weighted by molar-refractivity contribution is 0.0698. The molecule has 0 saturated carbocycles. The van der Waals surface area contributed by atoms with E-state index in [1.807, 2.05) is 0 Å². The molecule has 2 amide bonds. The standard InChI is InChI=1S/C12H15N3O4/c13-7-1-2-10(9(5-7)11(16)17)15-12(18)14-8-3-4-19-6-8/h1-2,5,8H,3-4,6,13H2,(H,16,17)(H2,14,15,18). The number of anilines is 2. The lowest BCUT2D eigenvalue weighted by atomic mass is 10.1. The Morgan fingerprint density at radius 3 is 2.84 bits per heavy atom. The third kappa shape index (κ3) is 3.35. The van der Waals surface area contributed by atoms with Gasteiger partial charge in [-0.3, -0.25) is 0 Å². The maximum absolute atomic E-state index is 11.7. The van der Waals surface area contributed by atoms with Crippen LogP contribution in [0.5, 0.6) is 0 Å². The van der Waals surface area contributed by atoms with Crippen LogP contribution in [0.15, 0.2) is 18.2 Å². The van der Waals surface area contributed by atoms with Crippen LogP contribution in [-0.4, -0.2) is 36.4 Å². The highest BCUT2D eigenvalue weighted by atomic mass is 16.5. The molecule has 0 aromatic heterocycles. The first-order chi connectivity index (χ1) is 9.06. The van der Waals surface area contributed by atoms with Gasteiger partial charge in [-0.2, -0.15) is 0 Å². The van der Waals surface area contributed by atoms with E-state index in [4.69, 9.17) is 15.6 Å². The lowest BCUT2D eigenvalue weighted by Crippen LogP contribution is -2.38. The van der Waals surface area contributed by atoms with Crippen molar-refractivity contribution in [2.75, 3.05) is 24.3 Å². The van der Waals surface area contributed by atoms with Gasteiger partial charge in [-0.05, 0) is 24.6 Å². The third-order valence-corrected chi connectivity index (χ3v) is 2.79. The number of carbonyl (C=O) groups excluding carboxylic acids is 1. The quantitative estimate of drug-likeness (QED) is 0.606. The predicted molar refractivity (Wildman–Crippen MR) is 69.2 cm³/mol. The van der Waals surface area contributed by atoms with Gasteiger partial charge in [0.25, 0.3) is 0 Å². The van der Waals surface area contributed by atoms with Crippen LogP contribution in [0, 0.1) is 0 Å². The molecule has 5 N–H and O–H groups in total. The Balaban J connectivity index is 2.05. The maximum Gasteiger partial charge on any atom is 0.337 e. The van der Waals surface area contributed by atoms with Gasteiger partial charge >= 0.3 is 12.0 Å². The van der Waals surface area contributed by atoms with Gasteiger partial charge in [0.2, 0.25) is 0 Å². The number of ether oxygens (including phenoxy) is 1. The van der Waals surface area contributed by atoms with Gasteiger partial charge in [-0.25, -0.2) is 9.59 Å². The van der Waals surface area contributed by atoms with Gasteiger partial charge in [0, 0.05) is 12.3 Å². The minimum Gasteiger partial charge on any atom is -0.478 e. The Kier molecular flexibility index (Phi) is 3.86. The number of rotatable bonds is 3. The van der Waals surface area contributed by atoms with Crippen molar-refractivity contribution < 1.29 is 19.4 Å². The molecule has 0 aliphatic carbocycles. The van der Waals surface area contributed by atoms with E-state index in [2.05, 4.69) is 10.6 Å². The van der Waals surface area contributed by atoms with Gasteiger partial charge in [0.05, 0.1) is 23.9 Å². The predicted octanol–water partition coefficient (Wildman–Crippen LogP) is 0.877. The van der Waals surface area contributed by atoms with E-state index in [0.717, 1.165) is 6.42 Å². The van der Waals surface area contributed by atoms with Crippen LogP contribution >= 0.6 is 0 Å². The summed E-state index contributed by atoms with van der Waals surface area (Å²) in [5.41, 5.74) is 6.01. The van der Waals surface area contributed by atoms with E-state index < -0.39 is 12.0 Å². The molecule has 1 aliphatic heterocycles. The van der Waals surface area contributed by atoms with Gasteiger partial charge in [0.1, 0.15) is 0 Å². The Morgan fingerprint density at radius 1 is 1.42 bits per heavy atom. The number of nitrogens with two attached hydrogens (primary N) is 1. The zero-order valence-corrected chi connectivity index (χ0v) is 10.2. The van der Waals surface area contributed by atoms with E-state index >= 15 is 0 Å². The minimum absolute atomic E-state index is 0.0398. The van der Waals surface area contributed by atoms with Crippen molar-refractivity contribution in [3.8, 4) is 0 Å². The number of amides is 2. The number of nitrogens with one attached hydrogen (secondary N) is 2. The number of hydrogen-bond donors (Lipinski definition) is 4. The van der Waals surface area contributed by atoms with Gasteiger partial charge in [0.15, 0.2) is 0 Å². The van der Waals surface area contributed by atoms with Crippen LogP contribution in [-0.2, 0) is 4.74 Å². The number of carbonyl (C=O) groups is 2. The Hall–Kier alpha value is -2.28. The van der Waals surface area contributed by atoms with Crippen LogP contribution in [0.2, 0.25) is 0 Å².